The number of nitrogens with one attached hydrogen (secondary N) is 1. The van der Waals surface area contributed by atoms with Crippen LogP contribution in [0.5, 0.6) is 0 Å². The van der Waals surface area contributed by atoms with Crippen LogP contribution in [-0.4, -0.2) is 35.1 Å². The highest BCUT2D eigenvalue weighted by Gasteiger charge is 2.74. The summed E-state index contributed by atoms with van der Waals surface area (Å²) in [6.07, 6.45) is 3.42. The second-order valence-corrected chi connectivity index (χ2v) is 10.3. The van der Waals surface area contributed by atoms with Crippen molar-refractivity contribution in [1.82, 2.24) is 0 Å². The van der Waals surface area contributed by atoms with Gasteiger partial charge in [0.2, 0.25) is 5.79 Å². The zero-order chi connectivity index (χ0) is 21.1. The van der Waals surface area contributed by atoms with Crippen LogP contribution in [0.15, 0.2) is 24.3 Å². The van der Waals surface area contributed by atoms with Crippen molar-refractivity contribution in [2.75, 3.05) is 11.9 Å². The highest BCUT2D eigenvalue weighted by molar-refractivity contribution is 7.80. The summed E-state index contributed by atoms with van der Waals surface area (Å²) in [5, 5.41) is 4.05. The van der Waals surface area contributed by atoms with Crippen LogP contribution in [0.4, 0.5) is 5.69 Å². The molecule has 1 spiro atoms. The van der Waals surface area contributed by atoms with Gasteiger partial charge in [-0.2, -0.15) is 0 Å². The summed E-state index contributed by atoms with van der Waals surface area (Å²) in [7, 11) is 0. The fourth-order valence-electron chi connectivity index (χ4n) is 5.84. The molecule has 1 aliphatic carbocycles. The van der Waals surface area contributed by atoms with Crippen molar-refractivity contribution in [3.8, 4) is 0 Å². The molecule has 8 heteroatoms. The largest absolute Gasteiger partial charge is 0.468 e. The Labute approximate surface area is 187 Å². The number of thiocarbonyl (C=S) groups is 1. The van der Waals surface area contributed by atoms with Gasteiger partial charge in [-0.3, -0.25) is 0 Å². The van der Waals surface area contributed by atoms with Gasteiger partial charge in [-0.25, -0.2) is 9.78 Å². The van der Waals surface area contributed by atoms with E-state index in [1.807, 2.05) is 19.1 Å². The molecule has 1 unspecified atom stereocenters. The van der Waals surface area contributed by atoms with Crippen LogP contribution >= 0.6 is 23.8 Å². The minimum atomic E-state index is -0.769. The van der Waals surface area contributed by atoms with Gasteiger partial charge < -0.3 is 19.5 Å². The zero-order valence-corrected chi connectivity index (χ0v) is 19.1. The smallest absolute Gasteiger partial charge is 0.261 e. The predicted molar refractivity (Wildman–Crippen MR) is 116 cm³/mol. The first kappa shape index (κ1) is 20.9. The van der Waals surface area contributed by atoms with Gasteiger partial charge in [-0.1, -0.05) is 18.5 Å². The Morgan fingerprint density at radius 1 is 1.17 bits per heavy atom. The number of halogens is 1. The van der Waals surface area contributed by atoms with Crippen LogP contribution in [0.2, 0.25) is 5.02 Å². The molecule has 164 valence electrons. The molecule has 1 N–H and O–H groups in total. The Bertz CT molecular complexity index is 839. The van der Waals surface area contributed by atoms with E-state index < -0.39 is 23.3 Å². The van der Waals surface area contributed by atoms with Crippen molar-refractivity contribution in [2.45, 2.75) is 69.7 Å². The maximum absolute atomic E-state index is 6.54. The van der Waals surface area contributed by atoms with Gasteiger partial charge in [0, 0.05) is 23.0 Å². The first-order valence-electron chi connectivity index (χ1n) is 10.7. The number of rotatable bonds is 3. The molecule has 7 atom stereocenters. The SMILES string of the molecule is C[C@@H]1CCC2[C@]34OO[C@](C)(CC[C@@H]13)O[C@@H]4O[C@]2(C)COC(=S)Nc1ccc(Cl)cc1. The maximum atomic E-state index is 6.54. The van der Waals surface area contributed by atoms with Crippen LogP contribution in [0.1, 0.15) is 46.5 Å². The predicted octanol–water partition coefficient (Wildman–Crippen LogP) is 5.06. The minimum absolute atomic E-state index is 0.0946. The Morgan fingerprint density at radius 3 is 2.70 bits per heavy atom. The zero-order valence-electron chi connectivity index (χ0n) is 17.5. The summed E-state index contributed by atoms with van der Waals surface area (Å²) in [5.74, 6) is 0.175. The van der Waals surface area contributed by atoms with Gasteiger partial charge in [0.05, 0.1) is 0 Å². The molecule has 4 aliphatic heterocycles. The van der Waals surface area contributed by atoms with Gasteiger partial charge >= 0.3 is 0 Å². The molecule has 6 rings (SSSR count). The lowest BCUT2D eigenvalue weighted by atomic mass is 9.60. The number of hydrogen-bond acceptors (Lipinski definition) is 6. The van der Waals surface area contributed by atoms with E-state index in [1.165, 1.54) is 0 Å². The Morgan fingerprint density at radius 2 is 1.93 bits per heavy atom. The van der Waals surface area contributed by atoms with Crippen molar-refractivity contribution in [3.63, 3.8) is 0 Å². The van der Waals surface area contributed by atoms with E-state index in [9.17, 15) is 0 Å². The lowest BCUT2D eigenvalue weighted by Gasteiger charge is -2.50. The lowest BCUT2D eigenvalue weighted by molar-refractivity contribution is -0.541. The maximum Gasteiger partial charge on any atom is 0.261 e. The van der Waals surface area contributed by atoms with E-state index in [0.717, 1.165) is 31.4 Å². The highest BCUT2D eigenvalue weighted by Crippen LogP contribution is 2.63. The van der Waals surface area contributed by atoms with Crippen molar-refractivity contribution in [1.29, 1.82) is 0 Å². The Hall–Kier alpha value is -0.960. The number of ether oxygens (including phenoxy) is 3. The summed E-state index contributed by atoms with van der Waals surface area (Å²) >= 11 is 11.3. The van der Waals surface area contributed by atoms with Gasteiger partial charge in [0.15, 0.2) is 11.9 Å². The van der Waals surface area contributed by atoms with Crippen molar-refractivity contribution >= 4 is 34.7 Å². The van der Waals surface area contributed by atoms with Crippen LogP contribution in [-0.2, 0) is 24.0 Å². The van der Waals surface area contributed by atoms with Gasteiger partial charge in [0.25, 0.3) is 5.17 Å². The normalized spacial score (nSPS) is 44.3. The molecular weight excluding hydrogens is 426 g/mol. The molecule has 1 saturated carbocycles. The Balaban J connectivity index is 1.34. The standard InChI is InChI=1S/C22H28ClNO5S/c1-13-4-9-17-20(2,12-25-19(30)24-15-7-5-14(23)6-8-15)26-18-22(17)16(13)10-11-21(3,27-18)28-29-22/h5-8,13,16-18H,4,9-12H2,1-3H3,(H,24,30)/t13-,16+,17?,18+,20-,21-,22-/m1/s1. The quantitative estimate of drug-likeness (QED) is 0.507. The summed E-state index contributed by atoms with van der Waals surface area (Å²) in [6, 6.07) is 7.31. The topological polar surface area (TPSA) is 58.2 Å². The Kier molecular flexibility index (Phi) is 5.08. The fraction of sp³-hybridized carbons (Fsp3) is 0.682. The van der Waals surface area contributed by atoms with E-state index in [0.29, 0.717) is 28.6 Å². The second kappa shape index (κ2) is 7.29. The summed E-state index contributed by atoms with van der Waals surface area (Å²) in [5.41, 5.74) is -0.374. The molecule has 4 heterocycles. The molecule has 6 nitrogen and oxygen atoms in total. The number of fused-ring (bicyclic) bond motifs is 2. The number of anilines is 1. The third-order valence-corrected chi connectivity index (χ3v) is 7.88. The van der Waals surface area contributed by atoms with Crippen molar-refractivity contribution in [2.24, 2.45) is 17.8 Å². The van der Waals surface area contributed by atoms with Crippen molar-refractivity contribution < 1.29 is 24.0 Å². The summed E-state index contributed by atoms with van der Waals surface area (Å²) in [6.45, 7) is 6.60. The van der Waals surface area contributed by atoms with Crippen LogP contribution in [0.3, 0.4) is 0 Å². The van der Waals surface area contributed by atoms with E-state index >= 15 is 0 Å². The molecule has 30 heavy (non-hydrogen) atoms. The van der Waals surface area contributed by atoms with E-state index in [4.69, 9.17) is 47.8 Å². The summed E-state index contributed by atoms with van der Waals surface area (Å²) < 4.78 is 18.8. The molecule has 0 amide bonds. The molecule has 5 aliphatic rings. The minimum Gasteiger partial charge on any atom is -0.468 e. The number of hydrogen-bond donors (Lipinski definition) is 1. The third-order valence-electron chi connectivity index (χ3n) is 7.41. The fourth-order valence-corrected chi connectivity index (χ4v) is 6.14. The molecule has 5 fully saturated rings. The van der Waals surface area contributed by atoms with Crippen LogP contribution in [0, 0.1) is 17.8 Å². The molecule has 2 bridgehead atoms. The highest BCUT2D eigenvalue weighted by atomic mass is 35.5. The molecule has 4 saturated heterocycles. The van der Waals surface area contributed by atoms with E-state index in [-0.39, 0.29) is 5.92 Å². The van der Waals surface area contributed by atoms with E-state index in [1.54, 1.807) is 12.1 Å². The van der Waals surface area contributed by atoms with Crippen LogP contribution < -0.4 is 5.32 Å². The van der Waals surface area contributed by atoms with Gasteiger partial charge in [-0.05, 0) is 81.4 Å². The second-order valence-electron chi connectivity index (χ2n) is 9.49. The van der Waals surface area contributed by atoms with Gasteiger partial charge in [0.1, 0.15) is 12.2 Å². The first-order valence-corrected chi connectivity index (χ1v) is 11.4. The number of benzene rings is 1. The summed E-state index contributed by atoms with van der Waals surface area (Å²) in [4.78, 5) is 12.0. The average molecular weight is 454 g/mol. The molecule has 1 aromatic rings. The molecular formula is C22H28ClNO5S. The average Bonchev–Trinajstić information content (AvgIpc) is 2.79. The van der Waals surface area contributed by atoms with E-state index in [2.05, 4.69) is 19.2 Å². The molecule has 0 aromatic heterocycles. The molecule has 1 aromatic carbocycles. The lowest BCUT2D eigenvalue weighted by Crippen LogP contribution is -2.62. The first-order chi connectivity index (χ1) is 14.2. The third kappa shape index (κ3) is 3.26. The monoisotopic (exact) mass is 453 g/mol. The molecule has 0 radical (unpaired) electrons. The van der Waals surface area contributed by atoms with Gasteiger partial charge in [-0.15, -0.1) is 0 Å². The van der Waals surface area contributed by atoms with Crippen molar-refractivity contribution in [3.05, 3.63) is 29.3 Å². The van der Waals surface area contributed by atoms with Crippen LogP contribution in [0.25, 0.3) is 0 Å².